The van der Waals surface area contributed by atoms with Gasteiger partial charge in [0, 0.05) is 17.1 Å². The van der Waals surface area contributed by atoms with E-state index in [9.17, 15) is 9.90 Å². The van der Waals surface area contributed by atoms with Crippen LogP contribution in [0.1, 0.15) is 29.6 Å². The van der Waals surface area contributed by atoms with Gasteiger partial charge in [-0.25, -0.2) is 4.79 Å². The fourth-order valence-electron chi connectivity index (χ4n) is 2.02. The molecule has 1 aliphatic carbocycles. The van der Waals surface area contributed by atoms with Gasteiger partial charge in [0.1, 0.15) is 0 Å². The average Bonchev–Trinajstić information content (AvgIpc) is 2.26. The molecule has 1 fully saturated rings. The molecule has 92 valence electrons. The number of nitrogens with one attached hydrogen (secondary N) is 1. The lowest BCUT2D eigenvalue weighted by molar-refractivity contribution is 0.0694. The van der Waals surface area contributed by atoms with Gasteiger partial charge in [-0.2, -0.15) is 0 Å². The van der Waals surface area contributed by atoms with Crippen LogP contribution in [0.5, 0.6) is 0 Å². The Balaban J connectivity index is 2.16. The van der Waals surface area contributed by atoms with E-state index >= 15 is 0 Å². The molecule has 0 aliphatic heterocycles. The third kappa shape index (κ3) is 2.75. The summed E-state index contributed by atoms with van der Waals surface area (Å²) in [5, 5.41) is 12.5. The number of benzene rings is 1. The average molecular weight is 251 g/mol. The standard InChI is InChI=1S/C13H17NO2S/c1-17-11-7-3-6-10(12(11)13(15)16)14-8-9-4-2-5-9/h3,6-7,9,14H,2,4-5,8H2,1H3,(H,15,16). The first-order chi connectivity index (χ1) is 8.22. The van der Waals surface area contributed by atoms with Crippen LogP contribution in [-0.4, -0.2) is 23.9 Å². The number of carbonyl (C=O) groups is 1. The molecule has 0 spiro atoms. The molecule has 0 saturated heterocycles. The van der Waals surface area contributed by atoms with Crippen LogP contribution in [0.4, 0.5) is 5.69 Å². The number of anilines is 1. The first-order valence-corrected chi connectivity index (χ1v) is 7.09. The Hall–Kier alpha value is -1.16. The van der Waals surface area contributed by atoms with Crippen molar-refractivity contribution in [2.24, 2.45) is 5.92 Å². The number of carboxylic acid groups (broad SMARTS) is 1. The molecule has 0 atom stereocenters. The third-order valence-electron chi connectivity index (χ3n) is 3.27. The van der Waals surface area contributed by atoms with Gasteiger partial charge in [0.25, 0.3) is 0 Å². The zero-order valence-electron chi connectivity index (χ0n) is 9.90. The van der Waals surface area contributed by atoms with Crippen LogP contribution in [0.2, 0.25) is 0 Å². The summed E-state index contributed by atoms with van der Waals surface area (Å²) in [6.07, 6.45) is 5.73. The smallest absolute Gasteiger partial charge is 0.338 e. The van der Waals surface area contributed by atoms with Crippen molar-refractivity contribution in [3.8, 4) is 0 Å². The lowest BCUT2D eigenvalue weighted by Crippen LogP contribution is -2.22. The van der Waals surface area contributed by atoms with Crippen molar-refractivity contribution in [2.45, 2.75) is 24.2 Å². The summed E-state index contributed by atoms with van der Waals surface area (Å²) in [5.74, 6) is -0.138. The number of aromatic carboxylic acids is 1. The van der Waals surface area contributed by atoms with Crippen LogP contribution in [0.25, 0.3) is 0 Å². The first-order valence-electron chi connectivity index (χ1n) is 5.86. The van der Waals surface area contributed by atoms with Crippen LogP contribution in [0.15, 0.2) is 23.1 Å². The molecule has 1 aromatic rings. The van der Waals surface area contributed by atoms with E-state index in [-0.39, 0.29) is 0 Å². The molecule has 1 saturated carbocycles. The van der Waals surface area contributed by atoms with E-state index in [4.69, 9.17) is 0 Å². The fourth-order valence-corrected chi connectivity index (χ4v) is 2.64. The van der Waals surface area contributed by atoms with Gasteiger partial charge in [0.05, 0.1) is 5.56 Å². The van der Waals surface area contributed by atoms with Gasteiger partial charge in [0.2, 0.25) is 0 Å². The number of hydrogen-bond acceptors (Lipinski definition) is 3. The Labute approximate surface area is 106 Å². The second-order valence-corrected chi connectivity index (χ2v) is 5.21. The molecule has 4 heteroatoms. The molecule has 0 amide bonds. The first kappa shape index (κ1) is 12.3. The highest BCUT2D eigenvalue weighted by Crippen LogP contribution is 2.30. The summed E-state index contributed by atoms with van der Waals surface area (Å²) in [7, 11) is 0. The molecule has 0 heterocycles. The van der Waals surface area contributed by atoms with Crippen LogP contribution in [0, 0.1) is 5.92 Å². The predicted octanol–water partition coefficient (Wildman–Crippen LogP) is 3.32. The lowest BCUT2D eigenvalue weighted by Gasteiger charge is -2.26. The molecule has 2 N–H and O–H groups in total. The third-order valence-corrected chi connectivity index (χ3v) is 4.05. The molecule has 1 aliphatic rings. The van der Waals surface area contributed by atoms with E-state index in [1.807, 2.05) is 24.5 Å². The number of rotatable bonds is 5. The van der Waals surface area contributed by atoms with Crippen LogP contribution < -0.4 is 5.32 Å². The maximum Gasteiger partial charge on any atom is 0.338 e. The van der Waals surface area contributed by atoms with Crippen molar-refractivity contribution in [3.05, 3.63) is 23.8 Å². The second-order valence-electron chi connectivity index (χ2n) is 4.37. The summed E-state index contributed by atoms with van der Waals surface area (Å²) in [5.41, 5.74) is 1.15. The molecule has 0 radical (unpaired) electrons. The zero-order valence-corrected chi connectivity index (χ0v) is 10.7. The van der Waals surface area contributed by atoms with Gasteiger partial charge in [-0.15, -0.1) is 11.8 Å². The van der Waals surface area contributed by atoms with Crippen LogP contribution in [0.3, 0.4) is 0 Å². The Morgan fingerprint density at radius 3 is 2.82 bits per heavy atom. The summed E-state index contributed by atoms with van der Waals surface area (Å²) in [6, 6.07) is 5.60. The highest BCUT2D eigenvalue weighted by atomic mass is 32.2. The van der Waals surface area contributed by atoms with Crippen molar-refractivity contribution in [3.63, 3.8) is 0 Å². The summed E-state index contributed by atoms with van der Waals surface area (Å²) >= 11 is 1.47. The van der Waals surface area contributed by atoms with E-state index in [0.29, 0.717) is 5.56 Å². The molecule has 1 aromatic carbocycles. The summed E-state index contributed by atoms with van der Waals surface area (Å²) in [6.45, 7) is 0.887. The predicted molar refractivity (Wildman–Crippen MR) is 71.0 cm³/mol. The Bertz CT molecular complexity index is 416. The lowest BCUT2D eigenvalue weighted by atomic mass is 9.85. The van der Waals surface area contributed by atoms with E-state index in [1.54, 1.807) is 0 Å². The normalized spacial score (nSPS) is 15.4. The maximum atomic E-state index is 11.3. The van der Waals surface area contributed by atoms with Crippen molar-refractivity contribution in [2.75, 3.05) is 18.1 Å². The fraction of sp³-hybridized carbons (Fsp3) is 0.462. The van der Waals surface area contributed by atoms with E-state index in [1.165, 1.54) is 31.0 Å². The number of carboxylic acids is 1. The van der Waals surface area contributed by atoms with Gasteiger partial charge in [-0.05, 0) is 37.1 Å². The molecule has 2 rings (SSSR count). The van der Waals surface area contributed by atoms with Crippen molar-refractivity contribution in [1.29, 1.82) is 0 Å². The van der Waals surface area contributed by atoms with Gasteiger partial charge < -0.3 is 10.4 Å². The summed E-state index contributed by atoms with van der Waals surface area (Å²) < 4.78 is 0. The molecular weight excluding hydrogens is 234 g/mol. The highest BCUT2D eigenvalue weighted by molar-refractivity contribution is 7.98. The zero-order chi connectivity index (χ0) is 12.3. The minimum absolute atomic E-state index is 0.402. The summed E-state index contributed by atoms with van der Waals surface area (Å²) in [4.78, 5) is 12.1. The number of thioether (sulfide) groups is 1. The van der Waals surface area contributed by atoms with Gasteiger partial charge >= 0.3 is 5.97 Å². The molecule has 17 heavy (non-hydrogen) atoms. The topological polar surface area (TPSA) is 49.3 Å². The monoisotopic (exact) mass is 251 g/mol. The largest absolute Gasteiger partial charge is 0.478 e. The number of hydrogen-bond donors (Lipinski definition) is 2. The molecule has 0 bridgehead atoms. The van der Waals surface area contributed by atoms with E-state index in [0.717, 1.165) is 23.0 Å². The molecule has 0 unspecified atom stereocenters. The Kier molecular flexibility index (Phi) is 3.94. The SMILES string of the molecule is CSc1cccc(NCC2CCC2)c1C(=O)O. The van der Waals surface area contributed by atoms with Gasteiger partial charge in [-0.1, -0.05) is 12.5 Å². The van der Waals surface area contributed by atoms with Crippen LogP contribution >= 0.6 is 11.8 Å². The van der Waals surface area contributed by atoms with Crippen LogP contribution in [-0.2, 0) is 0 Å². The minimum atomic E-state index is -0.856. The Morgan fingerprint density at radius 1 is 1.53 bits per heavy atom. The van der Waals surface area contributed by atoms with Crippen molar-refractivity contribution in [1.82, 2.24) is 0 Å². The van der Waals surface area contributed by atoms with Gasteiger partial charge in [0.15, 0.2) is 0 Å². The van der Waals surface area contributed by atoms with Crippen molar-refractivity contribution >= 4 is 23.4 Å². The quantitative estimate of drug-likeness (QED) is 0.788. The highest BCUT2D eigenvalue weighted by Gasteiger charge is 2.19. The van der Waals surface area contributed by atoms with E-state index < -0.39 is 5.97 Å². The molecule has 0 aromatic heterocycles. The van der Waals surface area contributed by atoms with Gasteiger partial charge in [-0.3, -0.25) is 0 Å². The minimum Gasteiger partial charge on any atom is -0.478 e. The molecule has 3 nitrogen and oxygen atoms in total. The van der Waals surface area contributed by atoms with Crippen molar-refractivity contribution < 1.29 is 9.90 Å². The van der Waals surface area contributed by atoms with E-state index in [2.05, 4.69) is 5.32 Å². The molecular formula is C13H17NO2S. The maximum absolute atomic E-state index is 11.3. The Morgan fingerprint density at radius 2 is 2.29 bits per heavy atom. The second kappa shape index (κ2) is 5.45.